The number of halogens is 4. The molecule has 1 saturated heterocycles. The lowest BCUT2D eigenvalue weighted by Crippen LogP contribution is -2.84. The molecule has 0 bridgehead atoms. The third kappa shape index (κ3) is 2.98. The molecule has 0 aliphatic carbocycles. The summed E-state index contributed by atoms with van der Waals surface area (Å²) in [5.74, 6) is 0. The second-order valence-electron chi connectivity index (χ2n) is 5.37. The van der Waals surface area contributed by atoms with E-state index in [0.29, 0.717) is 17.6 Å². The van der Waals surface area contributed by atoms with Crippen LogP contribution in [0.4, 0.5) is 18.9 Å². The van der Waals surface area contributed by atoms with Crippen LogP contribution >= 0.6 is 11.6 Å². The summed E-state index contributed by atoms with van der Waals surface area (Å²) < 4.78 is 39.4. The third-order valence-corrected chi connectivity index (χ3v) is 4.14. The fourth-order valence-electron chi connectivity index (χ4n) is 2.77. The Balaban J connectivity index is 2.19. The molecule has 0 unspecified atom stereocenters. The fourth-order valence-corrected chi connectivity index (χ4v) is 2.99. The van der Waals surface area contributed by atoms with Gasteiger partial charge >= 0.3 is 6.18 Å². The van der Waals surface area contributed by atoms with Gasteiger partial charge in [-0.25, -0.2) is 4.98 Å². The van der Waals surface area contributed by atoms with E-state index >= 15 is 0 Å². The first-order chi connectivity index (χ1) is 10.5. The van der Waals surface area contributed by atoms with Gasteiger partial charge in [0, 0.05) is 24.0 Å². The maximum atomic E-state index is 13.1. The van der Waals surface area contributed by atoms with E-state index in [1.54, 1.807) is 18.2 Å². The number of rotatable bonds is 1. The van der Waals surface area contributed by atoms with Crippen LogP contribution in [-0.4, -0.2) is 31.2 Å². The fraction of sp³-hybridized carbons (Fsp3) is 0.400. The molecule has 1 aromatic heterocycles. The molecule has 1 aliphatic heterocycles. The van der Waals surface area contributed by atoms with Gasteiger partial charge in [0.25, 0.3) is 0 Å². The van der Waals surface area contributed by atoms with Crippen LogP contribution in [0.5, 0.6) is 0 Å². The molecule has 0 spiro atoms. The van der Waals surface area contributed by atoms with E-state index in [-0.39, 0.29) is 10.5 Å². The van der Waals surface area contributed by atoms with Gasteiger partial charge in [-0.05, 0) is 12.1 Å². The third-order valence-electron chi connectivity index (χ3n) is 3.84. The molecule has 1 aliphatic rings. The monoisotopic (exact) mass is 330 g/mol. The van der Waals surface area contributed by atoms with Gasteiger partial charge in [-0.2, -0.15) is 13.2 Å². The predicted octanol–water partition coefficient (Wildman–Crippen LogP) is 2.68. The Hall–Kier alpha value is -1.53. The lowest BCUT2D eigenvalue weighted by Gasteiger charge is -2.24. The number of benzene rings is 1. The molecule has 0 atom stereocenters. The van der Waals surface area contributed by atoms with E-state index in [9.17, 15) is 13.2 Å². The Morgan fingerprint density at radius 2 is 2.00 bits per heavy atom. The number of aromatic nitrogens is 1. The van der Waals surface area contributed by atoms with Crippen LogP contribution < -0.4 is 10.2 Å². The van der Waals surface area contributed by atoms with Crippen molar-refractivity contribution in [3.8, 4) is 0 Å². The van der Waals surface area contributed by atoms with Crippen LogP contribution in [0.15, 0.2) is 24.3 Å². The van der Waals surface area contributed by atoms with Crippen molar-refractivity contribution < 1.29 is 18.5 Å². The highest BCUT2D eigenvalue weighted by atomic mass is 35.5. The Kier molecular flexibility index (Phi) is 4.14. The normalized spacial score (nSPS) is 16.8. The van der Waals surface area contributed by atoms with Gasteiger partial charge in [-0.3, -0.25) is 0 Å². The largest absolute Gasteiger partial charge is 0.433 e. The summed E-state index contributed by atoms with van der Waals surface area (Å²) in [6.07, 6.45) is -3.55. The highest BCUT2D eigenvalue weighted by molar-refractivity contribution is 6.35. The molecule has 3 rings (SSSR count). The standard InChI is InChI=1S/C15H15ClF3N3/c16-11-4-1-3-10-12(22-7-2-5-20-6-8-22)9-13(15(17,18)19)21-14(10)11/h1,3-4,9,20H,2,5-8H2/p+1. The summed E-state index contributed by atoms with van der Waals surface area (Å²) in [6.45, 7) is 3.31. The Bertz CT molecular complexity index is 680. The van der Waals surface area contributed by atoms with Crippen molar-refractivity contribution in [2.45, 2.75) is 12.6 Å². The highest BCUT2D eigenvalue weighted by Crippen LogP contribution is 2.36. The average molecular weight is 331 g/mol. The first-order valence-corrected chi connectivity index (χ1v) is 7.58. The van der Waals surface area contributed by atoms with Crippen molar-refractivity contribution in [3.05, 3.63) is 35.0 Å². The smallest absolute Gasteiger partial charge is 0.365 e. The molecule has 118 valence electrons. The van der Waals surface area contributed by atoms with Crippen molar-refractivity contribution in [3.63, 3.8) is 0 Å². The molecule has 0 amide bonds. The van der Waals surface area contributed by atoms with Crippen LogP contribution in [0.2, 0.25) is 5.02 Å². The number of para-hydroxylation sites is 1. The minimum Gasteiger partial charge on any atom is -0.365 e. The minimum absolute atomic E-state index is 0.210. The number of nitrogens with zero attached hydrogens (tertiary/aromatic N) is 2. The average Bonchev–Trinajstić information content (AvgIpc) is 2.75. The summed E-state index contributed by atoms with van der Waals surface area (Å²) in [5.41, 5.74) is -0.117. The number of pyridine rings is 1. The highest BCUT2D eigenvalue weighted by Gasteiger charge is 2.34. The van der Waals surface area contributed by atoms with Crippen molar-refractivity contribution in [2.75, 3.05) is 31.1 Å². The number of hydrogen-bond donors (Lipinski definition) is 1. The number of anilines is 1. The Morgan fingerprint density at radius 3 is 2.77 bits per heavy atom. The second kappa shape index (κ2) is 5.93. The number of hydrogen-bond acceptors (Lipinski definition) is 2. The summed E-state index contributed by atoms with van der Waals surface area (Å²) in [5, 5.41) is 3.09. The maximum absolute atomic E-state index is 13.1. The van der Waals surface area contributed by atoms with Gasteiger partial charge in [-0.1, -0.05) is 23.7 Å². The second-order valence-corrected chi connectivity index (χ2v) is 5.77. The van der Waals surface area contributed by atoms with Crippen molar-refractivity contribution in [1.82, 2.24) is 4.98 Å². The Labute approximate surface area is 131 Å². The molecular weight excluding hydrogens is 315 g/mol. The molecule has 2 heterocycles. The van der Waals surface area contributed by atoms with Gasteiger partial charge in [0.1, 0.15) is 5.69 Å². The zero-order valence-electron chi connectivity index (χ0n) is 11.8. The quantitative estimate of drug-likeness (QED) is 0.872. The van der Waals surface area contributed by atoms with E-state index in [1.165, 1.54) is 0 Å². The number of quaternary nitrogens is 1. The molecule has 22 heavy (non-hydrogen) atoms. The summed E-state index contributed by atoms with van der Waals surface area (Å²) in [4.78, 5) is 5.73. The molecule has 1 aromatic carbocycles. The van der Waals surface area contributed by atoms with Crippen LogP contribution in [0.3, 0.4) is 0 Å². The van der Waals surface area contributed by atoms with Gasteiger partial charge in [-0.15, -0.1) is 0 Å². The molecule has 0 radical (unpaired) electrons. The van der Waals surface area contributed by atoms with Gasteiger partial charge in [0.05, 0.1) is 30.2 Å². The van der Waals surface area contributed by atoms with Crippen LogP contribution in [-0.2, 0) is 6.18 Å². The topological polar surface area (TPSA) is 32.7 Å². The lowest BCUT2D eigenvalue weighted by molar-refractivity contribution is -0.650. The van der Waals surface area contributed by atoms with Crippen LogP contribution in [0.25, 0.3) is 10.9 Å². The van der Waals surface area contributed by atoms with E-state index in [4.69, 9.17) is 11.6 Å². The minimum atomic E-state index is -4.49. The molecule has 1 fully saturated rings. The molecule has 2 aromatic rings. The first-order valence-electron chi connectivity index (χ1n) is 7.20. The molecule has 2 N–H and O–H groups in total. The van der Waals surface area contributed by atoms with Gasteiger partial charge in [0.2, 0.25) is 0 Å². The number of alkyl halides is 3. The van der Waals surface area contributed by atoms with Crippen molar-refractivity contribution >= 4 is 28.2 Å². The molecular formula is C15H16ClF3N3+. The summed E-state index contributed by atoms with van der Waals surface area (Å²) in [7, 11) is 0. The number of nitrogens with two attached hydrogens (primary N) is 1. The van der Waals surface area contributed by atoms with Crippen molar-refractivity contribution in [2.24, 2.45) is 0 Å². The zero-order valence-corrected chi connectivity index (χ0v) is 12.6. The number of fused-ring (bicyclic) bond motifs is 1. The van der Waals surface area contributed by atoms with Crippen LogP contribution in [0, 0.1) is 0 Å². The summed E-state index contributed by atoms with van der Waals surface area (Å²) in [6, 6.07) is 6.23. The zero-order chi connectivity index (χ0) is 15.7. The molecule has 7 heteroatoms. The lowest BCUT2D eigenvalue weighted by atomic mass is 10.1. The predicted molar refractivity (Wildman–Crippen MR) is 80.2 cm³/mol. The van der Waals surface area contributed by atoms with Crippen LogP contribution in [0.1, 0.15) is 12.1 Å². The molecule has 3 nitrogen and oxygen atoms in total. The molecule has 0 saturated carbocycles. The Morgan fingerprint density at radius 1 is 1.18 bits per heavy atom. The van der Waals surface area contributed by atoms with E-state index < -0.39 is 11.9 Å². The SMILES string of the molecule is FC(F)(F)c1cc(N2CCC[NH2+]CC2)c2cccc(Cl)c2n1. The van der Waals surface area contributed by atoms with Gasteiger partial charge < -0.3 is 10.2 Å². The first kappa shape index (κ1) is 15.4. The van der Waals surface area contributed by atoms with E-state index in [1.807, 2.05) is 4.90 Å². The summed E-state index contributed by atoms with van der Waals surface area (Å²) >= 11 is 6.07. The van der Waals surface area contributed by atoms with Gasteiger partial charge in [0.15, 0.2) is 0 Å². The van der Waals surface area contributed by atoms with E-state index in [0.717, 1.165) is 32.1 Å². The van der Waals surface area contributed by atoms with E-state index in [2.05, 4.69) is 10.3 Å². The van der Waals surface area contributed by atoms with Crippen molar-refractivity contribution in [1.29, 1.82) is 0 Å². The maximum Gasteiger partial charge on any atom is 0.433 e.